The number of carboxylic acid groups (broad SMARTS) is 1. The molecular weight excluding hydrogens is 268 g/mol. The predicted octanol–water partition coefficient (Wildman–Crippen LogP) is 2.56. The molecule has 5 heteroatoms. The third kappa shape index (κ3) is 2.51. The molecular formula is C16H26N2O3. The molecule has 1 saturated carbocycles. The smallest absolute Gasteiger partial charge is 0.320 e. The van der Waals surface area contributed by atoms with Crippen LogP contribution in [0.15, 0.2) is 0 Å². The van der Waals surface area contributed by atoms with Crippen molar-refractivity contribution in [3.8, 4) is 0 Å². The van der Waals surface area contributed by atoms with E-state index in [1.807, 2.05) is 16.7 Å². The molecule has 2 atom stereocenters. The molecule has 0 aromatic carbocycles. The van der Waals surface area contributed by atoms with Gasteiger partial charge in [0.2, 0.25) is 0 Å². The average Bonchev–Trinajstić information content (AvgIpc) is 3.10. The van der Waals surface area contributed by atoms with Gasteiger partial charge in [-0.15, -0.1) is 0 Å². The van der Waals surface area contributed by atoms with Gasteiger partial charge in [0.25, 0.3) is 0 Å². The van der Waals surface area contributed by atoms with E-state index in [0.29, 0.717) is 37.9 Å². The molecule has 5 nitrogen and oxygen atoms in total. The number of carbonyl (C=O) groups excluding carboxylic acids is 1. The Morgan fingerprint density at radius 1 is 1.24 bits per heavy atom. The van der Waals surface area contributed by atoms with Gasteiger partial charge in [-0.25, -0.2) is 4.79 Å². The van der Waals surface area contributed by atoms with Crippen LogP contribution >= 0.6 is 0 Å². The van der Waals surface area contributed by atoms with Crippen LogP contribution in [0.1, 0.15) is 51.9 Å². The Hall–Kier alpha value is -1.26. The molecule has 0 radical (unpaired) electrons. The van der Waals surface area contributed by atoms with Gasteiger partial charge in [-0.05, 0) is 44.4 Å². The van der Waals surface area contributed by atoms with E-state index in [1.165, 1.54) is 12.8 Å². The van der Waals surface area contributed by atoms with Crippen LogP contribution in [0.5, 0.6) is 0 Å². The lowest BCUT2D eigenvalue weighted by Crippen LogP contribution is -2.52. The minimum absolute atomic E-state index is 0.151. The molecule has 2 bridgehead atoms. The van der Waals surface area contributed by atoms with Crippen LogP contribution in [0.4, 0.5) is 4.79 Å². The highest BCUT2D eigenvalue weighted by atomic mass is 16.4. The van der Waals surface area contributed by atoms with Crippen molar-refractivity contribution in [1.82, 2.24) is 9.80 Å². The fourth-order valence-electron chi connectivity index (χ4n) is 4.52. The lowest BCUT2D eigenvalue weighted by molar-refractivity contribution is -0.152. The zero-order valence-electron chi connectivity index (χ0n) is 12.9. The van der Waals surface area contributed by atoms with Gasteiger partial charge in [0.15, 0.2) is 0 Å². The minimum atomic E-state index is -0.684. The SMILES string of the molecule is CCCC1(C(=O)O)CCN(C(=O)N2CC3CCC2C3)CC1. The maximum atomic E-state index is 12.6. The maximum Gasteiger partial charge on any atom is 0.320 e. The van der Waals surface area contributed by atoms with E-state index in [0.717, 1.165) is 25.8 Å². The van der Waals surface area contributed by atoms with Gasteiger partial charge in [0.05, 0.1) is 5.41 Å². The summed E-state index contributed by atoms with van der Waals surface area (Å²) in [5.41, 5.74) is -0.602. The Morgan fingerprint density at radius 2 is 1.95 bits per heavy atom. The van der Waals surface area contributed by atoms with Crippen molar-refractivity contribution in [3.05, 3.63) is 0 Å². The third-order valence-electron chi connectivity index (χ3n) is 5.83. The zero-order chi connectivity index (χ0) is 15.0. The summed E-state index contributed by atoms with van der Waals surface area (Å²) in [6, 6.07) is 0.599. The van der Waals surface area contributed by atoms with Gasteiger partial charge in [0, 0.05) is 25.7 Å². The summed E-state index contributed by atoms with van der Waals surface area (Å²) in [7, 11) is 0. The number of nitrogens with zero attached hydrogens (tertiary/aromatic N) is 2. The van der Waals surface area contributed by atoms with Gasteiger partial charge < -0.3 is 14.9 Å². The Morgan fingerprint density at radius 3 is 2.43 bits per heavy atom. The normalized spacial score (nSPS) is 30.7. The summed E-state index contributed by atoms with van der Waals surface area (Å²) < 4.78 is 0. The first-order valence-electron chi connectivity index (χ1n) is 8.34. The van der Waals surface area contributed by atoms with Crippen LogP contribution in [0.2, 0.25) is 0 Å². The Labute approximate surface area is 126 Å². The summed E-state index contributed by atoms with van der Waals surface area (Å²) in [4.78, 5) is 28.2. The number of aliphatic carboxylic acids is 1. The Kier molecular flexibility index (Phi) is 3.84. The van der Waals surface area contributed by atoms with Crippen molar-refractivity contribution >= 4 is 12.0 Å². The monoisotopic (exact) mass is 294 g/mol. The molecule has 3 fully saturated rings. The number of amides is 2. The first-order valence-corrected chi connectivity index (χ1v) is 8.34. The average molecular weight is 294 g/mol. The summed E-state index contributed by atoms with van der Waals surface area (Å²) in [5.74, 6) is 0.0265. The number of hydrogen-bond acceptors (Lipinski definition) is 2. The third-order valence-corrected chi connectivity index (χ3v) is 5.83. The van der Waals surface area contributed by atoms with E-state index in [4.69, 9.17) is 0 Å². The largest absolute Gasteiger partial charge is 0.481 e. The Balaban J connectivity index is 1.60. The standard InChI is InChI=1S/C16H26N2O3/c1-2-5-16(14(19)20)6-8-17(9-7-16)15(21)18-11-12-3-4-13(18)10-12/h12-13H,2-11H2,1H3,(H,19,20). The van der Waals surface area contributed by atoms with E-state index in [2.05, 4.69) is 0 Å². The van der Waals surface area contributed by atoms with Crippen molar-refractivity contribution < 1.29 is 14.7 Å². The second-order valence-corrected chi connectivity index (χ2v) is 7.09. The first kappa shape index (κ1) is 14.7. The highest BCUT2D eigenvalue weighted by molar-refractivity contribution is 5.77. The molecule has 21 heavy (non-hydrogen) atoms. The molecule has 1 aliphatic carbocycles. The lowest BCUT2D eigenvalue weighted by atomic mass is 9.75. The van der Waals surface area contributed by atoms with Crippen LogP contribution < -0.4 is 0 Å². The molecule has 0 spiro atoms. The summed E-state index contributed by atoms with van der Waals surface area (Å²) >= 11 is 0. The van der Waals surface area contributed by atoms with E-state index in [1.54, 1.807) is 0 Å². The highest BCUT2D eigenvalue weighted by Gasteiger charge is 2.45. The van der Waals surface area contributed by atoms with Gasteiger partial charge in [0.1, 0.15) is 0 Å². The van der Waals surface area contributed by atoms with Crippen molar-refractivity contribution in [2.75, 3.05) is 19.6 Å². The topological polar surface area (TPSA) is 60.9 Å². The zero-order valence-corrected chi connectivity index (χ0v) is 12.9. The maximum absolute atomic E-state index is 12.6. The molecule has 2 aliphatic heterocycles. The van der Waals surface area contributed by atoms with Crippen LogP contribution in [0.3, 0.4) is 0 Å². The first-order chi connectivity index (χ1) is 10.1. The molecule has 0 aromatic heterocycles. The molecule has 2 unspecified atom stereocenters. The molecule has 0 aromatic rings. The van der Waals surface area contributed by atoms with E-state index in [9.17, 15) is 14.7 Å². The molecule has 118 valence electrons. The number of carbonyl (C=O) groups is 2. The highest BCUT2D eigenvalue weighted by Crippen LogP contribution is 2.40. The van der Waals surface area contributed by atoms with Crippen LogP contribution in [0, 0.1) is 11.3 Å². The van der Waals surface area contributed by atoms with Crippen molar-refractivity contribution in [2.45, 2.75) is 57.9 Å². The summed E-state index contributed by atoms with van der Waals surface area (Å²) in [6.45, 7) is 4.14. The number of fused-ring (bicyclic) bond motifs is 2. The van der Waals surface area contributed by atoms with Gasteiger partial charge in [-0.3, -0.25) is 4.79 Å². The van der Waals surface area contributed by atoms with Crippen molar-refractivity contribution in [3.63, 3.8) is 0 Å². The second kappa shape index (κ2) is 5.50. The number of likely N-dealkylation sites (tertiary alicyclic amines) is 2. The summed E-state index contributed by atoms with van der Waals surface area (Å²) in [5, 5.41) is 9.53. The van der Waals surface area contributed by atoms with Crippen LogP contribution in [-0.2, 0) is 4.79 Å². The minimum Gasteiger partial charge on any atom is -0.481 e. The fourth-order valence-corrected chi connectivity index (χ4v) is 4.52. The van der Waals surface area contributed by atoms with Gasteiger partial charge in [-0.2, -0.15) is 0 Å². The number of carboxylic acids is 1. The fraction of sp³-hybridized carbons (Fsp3) is 0.875. The van der Waals surface area contributed by atoms with Crippen LogP contribution in [-0.4, -0.2) is 52.6 Å². The molecule has 3 rings (SSSR count). The lowest BCUT2D eigenvalue weighted by Gasteiger charge is -2.41. The predicted molar refractivity (Wildman–Crippen MR) is 79.0 cm³/mol. The molecule has 2 amide bonds. The van der Waals surface area contributed by atoms with Crippen molar-refractivity contribution in [2.24, 2.45) is 11.3 Å². The van der Waals surface area contributed by atoms with Gasteiger partial charge in [-0.1, -0.05) is 13.3 Å². The quantitative estimate of drug-likeness (QED) is 0.870. The summed E-state index contributed by atoms with van der Waals surface area (Å²) in [6.07, 6.45) is 6.41. The van der Waals surface area contributed by atoms with Crippen molar-refractivity contribution in [1.29, 1.82) is 0 Å². The number of rotatable bonds is 3. The van der Waals surface area contributed by atoms with E-state index in [-0.39, 0.29) is 6.03 Å². The van der Waals surface area contributed by atoms with Crippen LogP contribution in [0.25, 0.3) is 0 Å². The van der Waals surface area contributed by atoms with E-state index >= 15 is 0 Å². The Bertz CT molecular complexity index is 429. The number of hydrogen-bond donors (Lipinski definition) is 1. The number of urea groups is 1. The number of piperidine rings is 2. The molecule has 2 heterocycles. The molecule has 2 saturated heterocycles. The molecule has 3 aliphatic rings. The second-order valence-electron chi connectivity index (χ2n) is 7.09. The molecule has 1 N–H and O–H groups in total. The van der Waals surface area contributed by atoms with Gasteiger partial charge >= 0.3 is 12.0 Å². The van der Waals surface area contributed by atoms with E-state index < -0.39 is 11.4 Å².